The van der Waals surface area contributed by atoms with Crippen molar-refractivity contribution >= 4 is 23.2 Å². The fourth-order valence-electron chi connectivity index (χ4n) is 2.93. The molecule has 1 amide bonds. The van der Waals surface area contributed by atoms with E-state index >= 15 is 0 Å². The molecule has 0 aliphatic carbocycles. The number of rotatable bonds is 7. The summed E-state index contributed by atoms with van der Waals surface area (Å²) in [6, 6.07) is 3.96. The SMILES string of the molecule is CCOC(=O)CCNC(=O)c1cnn(-c2nccc(-c3cc(C)sc3C)n2)c1C. The number of ether oxygens (including phenoxy) is 1. The van der Waals surface area contributed by atoms with Crippen molar-refractivity contribution in [3.05, 3.63) is 45.5 Å². The zero-order valence-corrected chi connectivity index (χ0v) is 17.7. The number of aryl methyl sites for hydroxylation is 2. The Hall–Kier alpha value is -3.07. The number of hydrogen-bond donors (Lipinski definition) is 1. The summed E-state index contributed by atoms with van der Waals surface area (Å²) < 4.78 is 6.39. The third kappa shape index (κ3) is 4.68. The molecule has 0 spiro atoms. The molecule has 9 heteroatoms. The van der Waals surface area contributed by atoms with E-state index in [0.717, 1.165) is 11.3 Å². The maximum absolute atomic E-state index is 12.4. The number of carbonyl (C=O) groups excluding carboxylic acids is 2. The summed E-state index contributed by atoms with van der Waals surface area (Å²) in [4.78, 5) is 35.2. The minimum absolute atomic E-state index is 0.122. The monoisotopic (exact) mass is 413 g/mol. The minimum atomic E-state index is -0.343. The lowest BCUT2D eigenvalue weighted by molar-refractivity contribution is -0.142. The smallest absolute Gasteiger partial charge is 0.307 e. The van der Waals surface area contributed by atoms with E-state index < -0.39 is 0 Å². The molecule has 8 nitrogen and oxygen atoms in total. The number of amides is 1. The molecule has 0 bridgehead atoms. The predicted octanol–water partition coefficient (Wildman–Crippen LogP) is 3.00. The standard InChI is InChI=1S/C20H23N5O3S/c1-5-28-18(26)7-9-21-19(27)16-11-23-25(13(16)3)20-22-8-6-17(24-20)15-10-12(2)29-14(15)4/h6,8,10-11H,5,7,9H2,1-4H3,(H,21,27). The molecule has 3 aromatic rings. The van der Waals surface area contributed by atoms with Crippen LogP contribution in [0.5, 0.6) is 0 Å². The summed E-state index contributed by atoms with van der Waals surface area (Å²) >= 11 is 1.72. The summed E-state index contributed by atoms with van der Waals surface area (Å²) in [5, 5.41) is 6.99. The fourth-order valence-corrected chi connectivity index (χ4v) is 3.86. The van der Waals surface area contributed by atoms with Gasteiger partial charge < -0.3 is 10.1 Å². The van der Waals surface area contributed by atoms with E-state index in [1.807, 2.05) is 6.07 Å². The lowest BCUT2D eigenvalue weighted by atomic mass is 10.2. The molecule has 1 N–H and O–H groups in total. The van der Waals surface area contributed by atoms with Crippen LogP contribution in [0.2, 0.25) is 0 Å². The lowest BCUT2D eigenvalue weighted by Crippen LogP contribution is -2.27. The van der Waals surface area contributed by atoms with Gasteiger partial charge in [0.25, 0.3) is 11.9 Å². The van der Waals surface area contributed by atoms with Gasteiger partial charge in [0.2, 0.25) is 0 Å². The summed E-state index contributed by atoms with van der Waals surface area (Å²) in [6.45, 7) is 8.17. The van der Waals surface area contributed by atoms with Crippen LogP contribution in [0.3, 0.4) is 0 Å². The highest BCUT2D eigenvalue weighted by Gasteiger charge is 2.17. The first-order valence-electron chi connectivity index (χ1n) is 9.30. The van der Waals surface area contributed by atoms with Crippen LogP contribution in [0.1, 0.15) is 39.2 Å². The number of hydrogen-bond acceptors (Lipinski definition) is 7. The van der Waals surface area contributed by atoms with E-state index in [4.69, 9.17) is 4.74 Å². The van der Waals surface area contributed by atoms with Crippen molar-refractivity contribution in [3.63, 3.8) is 0 Å². The molecule has 0 aliphatic heterocycles. The maximum Gasteiger partial charge on any atom is 0.307 e. The van der Waals surface area contributed by atoms with Gasteiger partial charge >= 0.3 is 5.97 Å². The molecule has 3 rings (SSSR count). The zero-order chi connectivity index (χ0) is 21.0. The quantitative estimate of drug-likeness (QED) is 0.598. The van der Waals surface area contributed by atoms with Gasteiger partial charge in [-0.25, -0.2) is 14.6 Å². The van der Waals surface area contributed by atoms with Gasteiger partial charge in [-0.05, 0) is 39.8 Å². The second-order valence-corrected chi connectivity index (χ2v) is 7.90. The molecular weight excluding hydrogens is 390 g/mol. The van der Waals surface area contributed by atoms with Crippen LogP contribution in [0.25, 0.3) is 17.2 Å². The highest BCUT2D eigenvalue weighted by Crippen LogP contribution is 2.29. The Balaban J connectivity index is 1.77. The Morgan fingerprint density at radius 3 is 2.76 bits per heavy atom. The second kappa shape index (κ2) is 8.95. The summed E-state index contributed by atoms with van der Waals surface area (Å²) in [7, 11) is 0. The van der Waals surface area contributed by atoms with E-state index in [0.29, 0.717) is 23.8 Å². The highest BCUT2D eigenvalue weighted by atomic mass is 32.1. The van der Waals surface area contributed by atoms with Crippen molar-refractivity contribution in [2.75, 3.05) is 13.2 Å². The Morgan fingerprint density at radius 2 is 2.07 bits per heavy atom. The molecule has 0 aliphatic rings. The van der Waals surface area contributed by atoms with Gasteiger partial charge in [0.15, 0.2) is 0 Å². The number of nitrogens with one attached hydrogen (secondary N) is 1. The zero-order valence-electron chi connectivity index (χ0n) is 16.9. The highest BCUT2D eigenvalue weighted by molar-refractivity contribution is 7.12. The Bertz CT molecular complexity index is 1040. The molecule has 29 heavy (non-hydrogen) atoms. The van der Waals surface area contributed by atoms with Gasteiger partial charge in [0, 0.05) is 28.1 Å². The molecule has 0 unspecified atom stereocenters. The molecule has 0 aromatic carbocycles. The van der Waals surface area contributed by atoms with Crippen molar-refractivity contribution in [1.29, 1.82) is 0 Å². The van der Waals surface area contributed by atoms with Crippen LogP contribution in [0.15, 0.2) is 24.5 Å². The van der Waals surface area contributed by atoms with Crippen LogP contribution in [-0.4, -0.2) is 44.8 Å². The molecule has 152 valence electrons. The van der Waals surface area contributed by atoms with Crippen LogP contribution in [-0.2, 0) is 9.53 Å². The van der Waals surface area contributed by atoms with Crippen LogP contribution >= 0.6 is 11.3 Å². The van der Waals surface area contributed by atoms with E-state index in [2.05, 4.69) is 40.3 Å². The molecule has 3 aromatic heterocycles. The average Bonchev–Trinajstić information content (AvgIpc) is 3.23. The Kier molecular flexibility index (Phi) is 6.38. The van der Waals surface area contributed by atoms with Gasteiger partial charge in [-0.15, -0.1) is 11.3 Å². The van der Waals surface area contributed by atoms with Crippen molar-refractivity contribution in [2.45, 2.75) is 34.1 Å². The number of thiophene rings is 1. The fraction of sp³-hybridized carbons (Fsp3) is 0.350. The second-order valence-electron chi connectivity index (χ2n) is 6.44. The van der Waals surface area contributed by atoms with Crippen molar-refractivity contribution < 1.29 is 14.3 Å². The van der Waals surface area contributed by atoms with Crippen LogP contribution < -0.4 is 5.32 Å². The maximum atomic E-state index is 12.4. The molecule has 0 saturated carbocycles. The van der Waals surface area contributed by atoms with Gasteiger partial charge in [-0.1, -0.05) is 0 Å². The number of nitrogens with zero attached hydrogens (tertiary/aromatic N) is 4. The molecule has 0 saturated heterocycles. The third-order valence-electron chi connectivity index (χ3n) is 4.32. The van der Waals surface area contributed by atoms with Crippen molar-refractivity contribution in [1.82, 2.24) is 25.1 Å². The summed E-state index contributed by atoms with van der Waals surface area (Å²) in [5.74, 6) is -0.253. The number of carbonyl (C=O) groups is 2. The predicted molar refractivity (Wildman–Crippen MR) is 110 cm³/mol. The molecule has 0 radical (unpaired) electrons. The first-order chi connectivity index (χ1) is 13.9. The van der Waals surface area contributed by atoms with E-state index in [1.54, 1.807) is 31.4 Å². The van der Waals surface area contributed by atoms with Gasteiger partial charge in [-0.3, -0.25) is 9.59 Å². The summed E-state index contributed by atoms with van der Waals surface area (Å²) in [6.07, 6.45) is 3.28. The lowest BCUT2D eigenvalue weighted by Gasteiger charge is -2.07. The van der Waals surface area contributed by atoms with E-state index in [9.17, 15) is 9.59 Å². The molecule has 0 fully saturated rings. The first-order valence-corrected chi connectivity index (χ1v) is 10.1. The number of esters is 1. The molecular formula is C20H23N5O3S. The Morgan fingerprint density at radius 1 is 1.28 bits per heavy atom. The molecule has 3 heterocycles. The summed E-state index contributed by atoms with van der Waals surface area (Å²) in [5.41, 5.74) is 2.91. The van der Waals surface area contributed by atoms with Crippen LogP contribution in [0, 0.1) is 20.8 Å². The van der Waals surface area contributed by atoms with Crippen LogP contribution in [0.4, 0.5) is 0 Å². The number of aromatic nitrogens is 4. The average molecular weight is 414 g/mol. The van der Waals surface area contributed by atoms with Gasteiger partial charge in [-0.2, -0.15) is 5.10 Å². The molecule has 0 atom stereocenters. The first kappa shape index (κ1) is 20.7. The topological polar surface area (TPSA) is 99.0 Å². The van der Waals surface area contributed by atoms with Gasteiger partial charge in [0.1, 0.15) is 0 Å². The normalized spacial score (nSPS) is 10.8. The minimum Gasteiger partial charge on any atom is -0.466 e. The van der Waals surface area contributed by atoms with E-state index in [-0.39, 0.29) is 24.8 Å². The third-order valence-corrected chi connectivity index (χ3v) is 5.29. The largest absolute Gasteiger partial charge is 0.466 e. The van der Waals surface area contributed by atoms with Crippen molar-refractivity contribution in [2.24, 2.45) is 0 Å². The van der Waals surface area contributed by atoms with E-state index in [1.165, 1.54) is 20.6 Å². The Labute approximate surface area is 173 Å². The van der Waals surface area contributed by atoms with Crippen molar-refractivity contribution in [3.8, 4) is 17.2 Å². The van der Waals surface area contributed by atoms with Gasteiger partial charge in [0.05, 0.1) is 36.2 Å².